The molecule has 0 saturated carbocycles. The van der Waals surface area contributed by atoms with E-state index in [2.05, 4.69) is 21.2 Å². The number of nitrogens with zero attached hydrogens (tertiary/aromatic N) is 1. The van der Waals surface area contributed by atoms with Gasteiger partial charge in [-0.15, -0.1) is 0 Å². The molecule has 0 aromatic heterocycles. The molecule has 37 heavy (non-hydrogen) atoms. The topological polar surface area (TPSA) is 84.9 Å². The van der Waals surface area contributed by atoms with Crippen LogP contribution >= 0.6 is 27.7 Å². The van der Waals surface area contributed by atoms with Gasteiger partial charge in [0.1, 0.15) is 30.5 Å². The summed E-state index contributed by atoms with van der Waals surface area (Å²) in [5.41, 5.74) is 1.60. The zero-order valence-electron chi connectivity index (χ0n) is 19.7. The van der Waals surface area contributed by atoms with E-state index in [1.54, 1.807) is 66.7 Å². The molecule has 190 valence electrons. The first-order valence-electron chi connectivity index (χ1n) is 11.3. The number of benzene rings is 3. The van der Waals surface area contributed by atoms with Gasteiger partial charge in [0, 0.05) is 11.3 Å². The van der Waals surface area contributed by atoms with Crippen molar-refractivity contribution < 1.29 is 28.2 Å². The molecule has 3 aromatic carbocycles. The summed E-state index contributed by atoms with van der Waals surface area (Å²) in [5.74, 6) is -0.217. The Balaban J connectivity index is 1.37. The maximum absolute atomic E-state index is 13.8. The average molecular weight is 585 g/mol. The summed E-state index contributed by atoms with van der Waals surface area (Å²) in [4.78, 5) is 38.8. The molecule has 1 N–H and O–H groups in total. The van der Waals surface area contributed by atoms with Gasteiger partial charge in [-0.1, -0.05) is 24.3 Å². The van der Waals surface area contributed by atoms with Gasteiger partial charge >= 0.3 is 0 Å². The summed E-state index contributed by atoms with van der Waals surface area (Å²) < 4.78 is 25.5. The molecule has 1 aliphatic heterocycles. The molecule has 4 rings (SSSR count). The Morgan fingerprint density at radius 3 is 2.54 bits per heavy atom. The van der Waals surface area contributed by atoms with Gasteiger partial charge < -0.3 is 14.8 Å². The fourth-order valence-corrected chi connectivity index (χ4v) is 4.78. The van der Waals surface area contributed by atoms with Gasteiger partial charge in [0.2, 0.25) is 5.91 Å². The molecule has 10 heteroatoms. The van der Waals surface area contributed by atoms with E-state index in [0.29, 0.717) is 39.4 Å². The molecule has 3 aromatic rings. The summed E-state index contributed by atoms with van der Waals surface area (Å²) in [6.07, 6.45) is 1.57. The molecule has 0 atom stereocenters. The molecular formula is C27H22BrFN2O5S. The van der Waals surface area contributed by atoms with Crippen molar-refractivity contribution in [3.63, 3.8) is 0 Å². The highest BCUT2D eigenvalue weighted by Gasteiger charge is 2.36. The molecular weight excluding hydrogens is 563 g/mol. The van der Waals surface area contributed by atoms with Gasteiger partial charge in [-0.3, -0.25) is 19.3 Å². The third kappa shape index (κ3) is 6.78. The van der Waals surface area contributed by atoms with Gasteiger partial charge in [0.05, 0.1) is 16.0 Å². The molecule has 0 spiro atoms. The fraction of sp³-hybridized carbons (Fsp3) is 0.148. The van der Waals surface area contributed by atoms with Crippen LogP contribution in [0.3, 0.4) is 0 Å². The van der Waals surface area contributed by atoms with Crippen molar-refractivity contribution >= 4 is 56.5 Å². The predicted octanol–water partition coefficient (Wildman–Crippen LogP) is 6.24. The molecule has 0 unspecified atom stereocenters. The van der Waals surface area contributed by atoms with Crippen molar-refractivity contribution in [1.29, 1.82) is 0 Å². The number of rotatable bonds is 9. The number of nitrogens with one attached hydrogen (secondary N) is 1. The SMILES string of the molecule is CCOc1ccc(NC(=O)CN2C(=O)S/C(=C/c3ccc(OCc4ccccc4F)c(Br)c3)C2=O)cc1. The maximum atomic E-state index is 13.8. The largest absolute Gasteiger partial charge is 0.494 e. The number of thioether (sulfide) groups is 1. The molecule has 1 heterocycles. The van der Waals surface area contributed by atoms with Gasteiger partial charge in [0.25, 0.3) is 11.1 Å². The molecule has 1 saturated heterocycles. The first-order valence-corrected chi connectivity index (χ1v) is 12.9. The number of halogens is 2. The van der Waals surface area contributed by atoms with E-state index in [1.807, 2.05) is 6.92 Å². The number of hydrogen-bond donors (Lipinski definition) is 1. The Bertz CT molecular complexity index is 1360. The van der Waals surface area contributed by atoms with Crippen LogP contribution in [-0.2, 0) is 16.2 Å². The van der Waals surface area contributed by atoms with Crippen LogP contribution < -0.4 is 14.8 Å². The minimum atomic E-state index is -0.548. The first-order chi connectivity index (χ1) is 17.8. The van der Waals surface area contributed by atoms with Gasteiger partial charge in [-0.25, -0.2) is 4.39 Å². The lowest BCUT2D eigenvalue weighted by atomic mass is 10.2. The monoisotopic (exact) mass is 584 g/mol. The van der Waals surface area contributed by atoms with Crippen molar-refractivity contribution in [2.75, 3.05) is 18.5 Å². The average Bonchev–Trinajstić information content (AvgIpc) is 3.13. The van der Waals surface area contributed by atoms with Crippen molar-refractivity contribution in [3.05, 3.63) is 93.1 Å². The Hall–Kier alpha value is -3.63. The summed E-state index contributed by atoms with van der Waals surface area (Å²) in [5, 5.41) is 2.15. The second kappa shape index (κ2) is 12.1. The van der Waals surface area contributed by atoms with Gasteiger partial charge in [-0.2, -0.15) is 0 Å². The predicted molar refractivity (Wildman–Crippen MR) is 144 cm³/mol. The summed E-state index contributed by atoms with van der Waals surface area (Å²) in [7, 11) is 0. The second-order valence-electron chi connectivity index (χ2n) is 7.84. The standard InChI is InChI=1S/C27H22BrFN2O5S/c1-2-35-20-10-8-19(9-11-20)30-25(32)15-31-26(33)24(37-27(31)34)14-17-7-12-23(21(28)13-17)36-16-18-5-3-4-6-22(18)29/h3-14H,2,15-16H2,1H3,(H,30,32)/b24-14+. The van der Waals surface area contributed by atoms with Crippen LogP contribution in [0.1, 0.15) is 18.1 Å². The zero-order chi connectivity index (χ0) is 26.4. The number of carbonyl (C=O) groups is 3. The smallest absolute Gasteiger partial charge is 0.294 e. The highest BCUT2D eigenvalue weighted by atomic mass is 79.9. The molecule has 7 nitrogen and oxygen atoms in total. The first kappa shape index (κ1) is 26.4. The van der Waals surface area contributed by atoms with E-state index in [4.69, 9.17) is 9.47 Å². The molecule has 0 aliphatic carbocycles. The Kier molecular flexibility index (Phi) is 8.62. The minimum absolute atomic E-state index is 0.0578. The maximum Gasteiger partial charge on any atom is 0.294 e. The molecule has 3 amide bonds. The Morgan fingerprint density at radius 2 is 1.84 bits per heavy atom. The summed E-state index contributed by atoms with van der Waals surface area (Å²) in [6, 6.07) is 18.3. The van der Waals surface area contributed by atoms with Crippen molar-refractivity contribution in [1.82, 2.24) is 4.90 Å². The summed E-state index contributed by atoms with van der Waals surface area (Å²) >= 11 is 4.19. The van der Waals surface area contributed by atoms with Crippen LogP contribution in [-0.4, -0.2) is 35.1 Å². The molecule has 0 bridgehead atoms. The minimum Gasteiger partial charge on any atom is -0.494 e. The normalized spacial score (nSPS) is 14.2. The highest BCUT2D eigenvalue weighted by molar-refractivity contribution is 9.10. The van der Waals surface area contributed by atoms with Crippen LogP contribution in [0.4, 0.5) is 14.9 Å². The van der Waals surface area contributed by atoms with Crippen molar-refractivity contribution in [2.24, 2.45) is 0 Å². The van der Waals surface area contributed by atoms with Crippen LogP contribution in [0.5, 0.6) is 11.5 Å². The molecule has 0 radical (unpaired) electrons. The number of imide groups is 1. The van der Waals surface area contributed by atoms with E-state index in [9.17, 15) is 18.8 Å². The number of ether oxygens (including phenoxy) is 2. The van der Waals surface area contributed by atoms with Crippen LogP contribution in [0.25, 0.3) is 6.08 Å². The Morgan fingerprint density at radius 1 is 1.08 bits per heavy atom. The molecule has 1 aliphatic rings. The van der Waals surface area contributed by atoms with Crippen molar-refractivity contribution in [3.8, 4) is 11.5 Å². The lowest BCUT2D eigenvalue weighted by Gasteiger charge is -2.13. The Labute approximate surface area is 225 Å². The van der Waals surface area contributed by atoms with Crippen molar-refractivity contribution in [2.45, 2.75) is 13.5 Å². The van der Waals surface area contributed by atoms with Gasteiger partial charge in [-0.05, 0) is 88.7 Å². The van der Waals surface area contributed by atoms with Crippen LogP contribution in [0.2, 0.25) is 0 Å². The quantitative estimate of drug-likeness (QED) is 0.300. The van der Waals surface area contributed by atoms with E-state index in [1.165, 1.54) is 6.07 Å². The van der Waals surface area contributed by atoms with Gasteiger partial charge in [0.15, 0.2) is 0 Å². The fourth-order valence-electron chi connectivity index (χ4n) is 3.43. The number of hydrogen-bond acceptors (Lipinski definition) is 6. The van der Waals surface area contributed by atoms with E-state index < -0.39 is 23.6 Å². The molecule has 1 fully saturated rings. The lowest BCUT2D eigenvalue weighted by Crippen LogP contribution is -2.36. The van der Waals surface area contributed by atoms with E-state index in [0.717, 1.165) is 16.7 Å². The van der Waals surface area contributed by atoms with Crippen LogP contribution in [0.15, 0.2) is 76.1 Å². The lowest BCUT2D eigenvalue weighted by molar-refractivity contribution is -0.127. The zero-order valence-corrected chi connectivity index (χ0v) is 22.1. The highest BCUT2D eigenvalue weighted by Crippen LogP contribution is 2.34. The third-order valence-corrected chi connectivity index (χ3v) is 6.75. The van der Waals surface area contributed by atoms with E-state index in [-0.39, 0.29) is 17.3 Å². The third-order valence-electron chi connectivity index (χ3n) is 5.22. The number of anilines is 1. The second-order valence-corrected chi connectivity index (χ2v) is 9.69. The number of carbonyl (C=O) groups excluding carboxylic acids is 3. The van der Waals surface area contributed by atoms with Crippen LogP contribution in [0, 0.1) is 5.82 Å². The van der Waals surface area contributed by atoms with E-state index >= 15 is 0 Å². The number of amides is 3. The summed E-state index contributed by atoms with van der Waals surface area (Å²) in [6.45, 7) is 2.06.